The van der Waals surface area contributed by atoms with Crippen LogP contribution >= 0.6 is 5.53 Å². The molecule has 0 aliphatic heterocycles. The summed E-state index contributed by atoms with van der Waals surface area (Å²) in [4.78, 5) is 0. The largest absolute Gasteiger partial charge is 1.00 e. The van der Waals surface area contributed by atoms with E-state index in [9.17, 15) is 0 Å². The molecule has 0 rings (SSSR count). The van der Waals surface area contributed by atoms with Crippen molar-refractivity contribution in [2.75, 3.05) is 0 Å². The molecular weight excluding hydrogens is 196 g/mol. The maximum absolute atomic E-state index is 4.31. The van der Waals surface area contributed by atoms with E-state index in [0.717, 1.165) is 0 Å². The standard InChI is InChI=1S/3Na.PS3/c;;;2-1(3)4/q3*+1;-3. The van der Waals surface area contributed by atoms with Gasteiger partial charge in [-0.15, -0.1) is 0 Å². The smallest absolute Gasteiger partial charge is 0.808 e. The van der Waals surface area contributed by atoms with E-state index in [1.165, 1.54) is 0 Å². The molecule has 0 bridgehead atoms. The maximum atomic E-state index is 4.31. The van der Waals surface area contributed by atoms with Gasteiger partial charge in [0.25, 0.3) is 0 Å². The van der Waals surface area contributed by atoms with Crippen molar-refractivity contribution in [1.82, 2.24) is 0 Å². The Bertz CT molecular complexity index is 14.9. The van der Waals surface area contributed by atoms with Crippen LogP contribution in [0.4, 0.5) is 0 Å². The van der Waals surface area contributed by atoms with Crippen LogP contribution in [0, 0.1) is 0 Å². The van der Waals surface area contributed by atoms with E-state index in [1.54, 1.807) is 0 Å². The zero-order chi connectivity index (χ0) is 3.58. The molecule has 0 saturated carbocycles. The first-order valence-electron chi connectivity index (χ1n) is 0.548. The fourth-order valence-corrected chi connectivity index (χ4v) is 0. The Balaban J connectivity index is -0.0000000150. The van der Waals surface area contributed by atoms with Crippen LogP contribution < -0.4 is 88.7 Å². The Hall–Kier alpha value is 4.48. The first-order valence-corrected chi connectivity index (χ1v) is 4.93. The molecule has 7 heavy (non-hydrogen) atoms. The fourth-order valence-electron chi connectivity index (χ4n) is 0. The molecule has 0 aromatic carbocycles. The van der Waals surface area contributed by atoms with Crippen molar-refractivity contribution in [3.63, 3.8) is 0 Å². The molecule has 7 heteroatoms. The van der Waals surface area contributed by atoms with E-state index in [2.05, 4.69) is 36.7 Å². The molecule has 0 fully saturated rings. The van der Waals surface area contributed by atoms with E-state index >= 15 is 0 Å². The Morgan fingerprint density at radius 1 is 0.714 bits per heavy atom. The van der Waals surface area contributed by atoms with Crippen LogP contribution in [0.15, 0.2) is 0 Å². The molecule has 0 aliphatic carbocycles. The first kappa shape index (κ1) is 22.5. The predicted octanol–water partition coefficient (Wildman–Crippen LogP) is -8.13. The number of hydrogen-bond acceptors (Lipinski definition) is 3. The van der Waals surface area contributed by atoms with Gasteiger partial charge < -0.3 is 42.3 Å². The van der Waals surface area contributed by atoms with Gasteiger partial charge in [0.05, 0.1) is 0 Å². The number of hydrogen-bond donors (Lipinski definition) is 0. The van der Waals surface area contributed by atoms with Gasteiger partial charge in [-0.25, -0.2) is 0 Å². The summed E-state index contributed by atoms with van der Waals surface area (Å²) in [5.74, 6) is 0. The van der Waals surface area contributed by atoms with Gasteiger partial charge in [0, 0.05) is 0 Å². The van der Waals surface area contributed by atoms with Crippen LogP contribution in [0.3, 0.4) is 0 Å². The summed E-state index contributed by atoms with van der Waals surface area (Å²) in [6.07, 6.45) is 0. The predicted molar refractivity (Wildman–Crippen MR) is 29.0 cm³/mol. The van der Waals surface area contributed by atoms with Crippen LogP contribution in [0.2, 0.25) is 0 Å². The average Bonchev–Trinajstić information content (AvgIpc) is 0.811. The second-order valence-corrected chi connectivity index (χ2v) is 6.04. The van der Waals surface area contributed by atoms with E-state index in [4.69, 9.17) is 0 Å². The minimum atomic E-state index is -0.870. The van der Waals surface area contributed by atoms with Gasteiger partial charge >= 0.3 is 88.7 Å². The van der Waals surface area contributed by atoms with Crippen molar-refractivity contribution in [3.8, 4) is 0 Å². The third kappa shape index (κ3) is 37.5. The zero-order valence-corrected chi connectivity index (χ0v) is 14.0. The van der Waals surface area contributed by atoms with E-state index in [1.807, 2.05) is 0 Å². The molecule has 0 aliphatic rings. The molecule has 0 amide bonds. The third-order valence-electron chi connectivity index (χ3n) is 0. The molecule has 26 valence electrons. The van der Waals surface area contributed by atoms with Gasteiger partial charge in [0.15, 0.2) is 0 Å². The van der Waals surface area contributed by atoms with Crippen molar-refractivity contribution >= 4 is 42.3 Å². The first-order chi connectivity index (χ1) is 1.73. The Labute approximate surface area is 128 Å². The molecule has 0 unspecified atom stereocenters. The summed E-state index contributed by atoms with van der Waals surface area (Å²) in [5.41, 5.74) is -0.870. The molecule has 0 saturated heterocycles. The second kappa shape index (κ2) is 16.8. The summed E-state index contributed by atoms with van der Waals surface area (Å²) in [7, 11) is 0. The topological polar surface area (TPSA) is 0 Å². The third-order valence-corrected chi connectivity index (χ3v) is 0. The Morgan fingerprint density at radius 3 is 0.714 bits per heavy atom. The van der Waals surface area contributed by atoms with Gasteiger partial charge in [0.2, 0.25) is 0 Å². The molecule has 0 aromatic rings. The SMILES string of the molecule is [Na+].[Na+].[Na+].[S-]P([S-])[S-]. The van der Waals surface area contributed by atoms with Gasteiger partial charge in [-0.3, -0.25) is 0 Å². The molecular formula is Na3PS3. The van der Waals surface area contributed by atoms with Crippen LogP contribution in [-0.4, -0.2) is 0 Å². The molecule has 0 N–H and O–H groups in total. The van der Waals surface area contributed by atoms with Crippen molar-refractivity contribution < 1.29 is 88.7 Å². The van der Waals surface area contributed by atoms with Gasteiger partial charge in [-0.05, 0) is 0 Å². The van der Waals surface area contributed by atoms with E-state index < -0.39 is 5.53 Å². The minimum Gasteiger partial charge on any atom is -0.808 e. The quantitative estimate of drug-likeness (QED) is 0.214. The van der Waals surface area contributed by atoms with Crippen LogP contribution in [0.25, 0.3) is 0 Å². The summed E-state index contributed by atoms with van der Waals surface area (Å²) in [5, 5.41) is 0. The van der Waals surface area contributed by atoms with Crippen molar-refractivity contribution in [3.05, 3.63) is 0 Å². The van der Waals surface area contributed by atoms with Crippen molar-refractivity contribution in [2.24, 2.45) is 0 Å². The number of rotatable bonds is 0. The molecule has 0 heterocycles. The average molecular weight is 196 g/mol. The Kier molecular flexibility index (Phi) is 54.2. The van der Waals surface area contributed by atoms with Crippen LogP contribution in [0.1, 0.15) is 0 Å². The fraction of sp³-hybridized carbons (Fsp3) is 0. The van der Waals surface area contributed by atoms with E-state index in [0.29, 0.717) is 0 Å². The molecule has 0 atom stereocenters. The monoisotopic (exact) mass is 196 g/mol. The molecule has 0 radical (unpaired) electrons. The minimum absolute atomic E-state index is 0. The molecule has 0 nitrogen and oxygen atoms in total. The van der Waals surface area contributed by atoms with Crippen LogP contribution in [-0.2, 0) is 36.7 Å². The van der Waals surface area contributed by atoms with Gasteiger partial charge in [-0.2, -0.15) is 0 Å². The summed E-state index contributed by atoms with van der Waals surface area (Å²) < 4.78 is 0. The Morgan fingerprint density at radius 2 is 0.714 bits per heavy atom. The van der Waals surface area contributed by atoms with Gasteiger partial charge in [-0.1, -0.05) is 0 Å². The maximum Gasteiger partial charge on any atom is 1.00 e. The molecule has 0 spiro atoms. The van der Waals surface area contributed by atoms with Gasteiger partial charge in [0.1, 0.15) is 0 Å². The summed E-state index contributed by atoms with van der Waals surface area (Å²) >= 11 is 12.9. The second-order valence-electron chi connectivity index (χ2n) is 0.224. The summed E-state index contributed by atoms with van der Waals surface area (Å²) in [6, 6.07) is 0. The van der Waals surface area contributed by atoms with Crippen molar-refractivity contribution in [1.29, 1.82) is 0 Å². The normalized spacial score (nSPS) is 5.14. The zero-order valence-electron chi connectivity index (χ0n) is 4.67. The molecule has 0 aromatic heterocycles. The van der Waals surface area contributed by atoms with E-state index in [-0.39, 0.29) is 88.7 Å². The van der Waals surface area contributed by atoms with Crippen molar-refractivity contribution in [2.45, 2.75) is 0 Å². The summed E-state index contributed by atoms with van der Waals surface area (Å²) in [6.45, 7) is 0. The van der Waals surface area contributed by atoms with Crippen LogP contribution in [0.5, 0.6) is 0 Å².